The van der Waals surface area contributed by atoms with Crippen LogP contribution in [0.1, 0.15) is 16.3 Å². The summed E-state index contributed by atoms with van der Waals surface area (Å²) in [4.78, 5) is 26.3. The molecule has 1 amide bonds. The van der Waals surface area contributed by atoms with E-state index in [1.54, 1.807) is 46.8 Å². The molecule has 0 atom stereocenters. The van der Waals surface area contributed by atoms with Crippen molar-refractivity contribution in [3.8, 4) is 5.82 Å². The molecule has 1 N–H and O–H groups in total. The zero-order valence-electron chi connectivity index (χ0n) is 13.8. The molecule has 4 aromatic rings. The first-order chi connectivity index (χ1) is 12.6. The van der Waals surface area contributed by atoms with Crippen molar-refractivity contribution in [2.75, 3.05) is 7.05 Å². The van der Waals surface area contributed by atoms with E-state index in [9.17, 15) is 4.79 Å². The minimum atomic E-state index is -0.210. The molecule has 3 aromatic heterocycles. The van der Waals surface area contributed by atoms with E-state index < -0.39 is 0 Å². The van der Waals surface area contributed by atoms with Gasteiger partial charge in [0.1, 0.15) is 30.0 Å². The number of nitrogens with one attached hydrogen (secondary N) is 1. The maximum Gasteiger partial charge on any atom is 0.272 e. The van der Waals surface area contributed by atoms with Crippen LogP contribution in [0, 0.1) is 0 Å². The predicted molar refractivity (Wildman–Crippen MR) is 96.1 cm³/mol. The number of H-pyrrole nitrogens is 1. The third-order valence-electron chi connectivity index (χ3n) is 3.86. The van der Waals surface area contributed by atoms with Gasteiger partial charge in [0, 0.05) is 12.1 Å². The highest BCUT2D eigenvalue weighted by atomic mass is 35.5. The molecule has 0 unspecified atom stereocenters. The largest absolute Gasteiger partial charge is 0.340 e. The number of pyridine rings is 1. The average molecular weight is 368 g/mol. The van der Waals surface area contributed by atoms with Gasteiger partial charge in [-0.3, -0.25) is 9.36 Å². The van der Waals surface area contributed by atoms with Gasteiger partial charge in [0.15, 0.2) is 0 Å². The van der Waals surface area contributed by atoms with Crippen molar-refractivity contribution >= 4 is 28.5 Å². The fraction of sp³-hybridized carbons (Fsp3) is 0.118. The summed E-state index contributed by atoms with van der Waals surface area (Å²) in [6.45, 7) is 0.323. The fourth-order valence-corrected chi connectivity index (χ4v) is 2.78. The number of carbonyl (C=O) groups excluding carboxylic acids is 1. The van der Waals surface area contributed by atoms with E-state index in [0.29, 0.717) is 28.9 Å². The van der Waals surface area contributed by atoms with E-state index in [4.69, 9.17) is 11.6 Å². The molecule has 0 radical (unpaired) electrons. The van der Waals surface area contributed by atoms with Crippen LogP contribution < -0.4 is 0 Å². The van der Waals surface area contributed by atoms with Gasteiger partial charge in [-0.2, -0.15) is 0 Å². The molecule has 1 aromatic carbocycles. The van der Waals surface area contributed by atoms with Crippen LogP contribution in [0.25, 0.3) is 16.9 Å². The van der Waals surface area contributed by atoms with Gasteiger partial charge < -0.3 is 9.88 Å². The topological polar surface area (TPSA) is 92.6 Å². The summed E-state index contributed by atoms with van der Waals surface area (Å²) < 4.78 is 1.64. The normalized spacial score (nSPS) is 11.0. The van der Waals surface area contributed by atoms with Crippen molar-refractivity contribution in [2.24, 2.45) is 0 Å². The third kappa shape index (κ3) is 3.14. The molecule has 0 aliphatic rings. The lowest BCUT2D eigenvalue weighted by atomic mass is 10.3. The van der Waals surface area contributed by atoms with Crippen LogP contribution in [0.2, 0.25) is 5.02 Å². The molecule has 0 aliphatic carbocycles. The van der Waals surface area contributed by atoms with Crippen LogP contribution in [0.3, 0.4) is 0 Å². The number of halogens is 1. The number of benzene rings is 1. The first-order valence-corrected chi connectivity index (χ1v) is 8.19. The Balaban J connectivity index is 1.54. The number of fused-ring (bicyclic) bond motifs is 1. The molecule has 3 heterocycles. The quantitative estimate of drug-likeness (QED) is 0.598. The van der Waals surface area contributed by atoms with Crippen LogP contribution in [-0.4, -0.2) is 47.6 Å². The van der Waals surface area contributed by atoms with Crippen molar-refractivity contribution in [1.82, 2.24) is 34.6 Å². The second kappa shape index (κ2) is 6.57. The first kappa shape index (κ1) is 16.2. The number of hydrogen-bond donors (Lipinski definition) is 1. The third-order valence-corrected chi connectivity index (χ3v) is 4.10. The second-order valence-electron chi connectivity index (χ2n) is 5.76. The maximum absolute atomic E-state index is 12.7. The Morgan fingerprint density at radius 1 is 1.19 bits per heavy atom. The maximum atomic E-state index is 12.7. The number of aromatic nitrogens is 6. The van der Waals surface area contributed by atoms with Crippen LogP contribution >= 0.6 is 11.6 Å². The van der Waals surface area contributed by atoms with Gasteiger partial charge in [-0.25, -0.2) is 9.97 Å². The van der Waals surface area contributed by atoms with Gasteiger partial charge in [0.2, 0.25) is 0 Å². The van der Waals surface area contributed by atoms with Crippen molar-refractivity contribution in [3.63, 3.8) is 0 Å². The lowest BCUT2D eigenvalue weighted by Gasteiger charge is -2.15. The summed E-state index contributed by atoms with van der Waals surface area (Å²) in [6.07, 6.45) is 3.06. The Morgan fingerprint density at radius 3 is 2.81 bits per heavy atom. The van der Waals surface area contributed by atoms with Crippen molar-refractivity contribution in [3.05, 3.63) is 65.6 Å². The number of carbonyl (C=O) groups is 1. The first-order valence-electron chi connectivity index (χ1n) is 7.82. The number of imidazole rings is 1. The molecule has 0 aliphatic heterocycles. The number of amides is 1. The van der Waals surface area contributed by atoms with Gasteiger partial charge in [0.05, 0.1) is 17.6 Å². The van der Waals surface area contributed by atoms with Gasteiger partial charge >= 0.3 is 0 Å². The number of hydrogen-bond acceptors (Lipinski definition) is 5. The summed E-state index contributed by atoms with van der Waals surface area (Å²) in [7, 11) is 1.70. The molecular formula is C17H14ClN7O. The highest BCUT2D eigenvalue weighted by molar-refractivity contribution is 6.31. The van der Waals surface area contributed by atoms with Crippen LogP contribution in [-0.2, 0) is 6.54 Å². The van der Waals surface area contributed by atoms with E-state index in [1.807, 2.05) is 6.07 Å². The van der Waals surface area contributed by atoms with Crippen LogP contribution in [0.5, 0.6) is 0 Å². The molecule has 9 heteroatoms. The molecule has 0 bridgehead atoms. The number of nitrogens with zero attached hydrogens (tertiary/aromatic N) is 6. The highest BCUT2D eigenvalue weighted by Crippen LogP contribution is 2.18. The monoisotopic (exact) mass is 367 g/mol. The fourth-order valence-electron chi connectivity index (χ4n) is 2.61. The van der Waals surface area contributed by atoms with Gasteiger partial charge in [-0.15, -0.1) is 10.2 Å². The molecule has 0 fully saturated rings. The summed E-state index contributed by atoms with van der Waals surface area (Å²) in [5.41, 5.74) is 1.97. The molecule has 0 saturated carbocycles. The smallest absolute Gasteiger partial charge is 0.272 e. The molecule has 26 heavy (non-hydrogen) atoms. The molecule has 8 nitrogen and oxygen atoms in total. The molecular weight excluding hydrogens is 354 g/mol. The molecule has 130 valence electrons. The lowest BCUT2D eigenvalue weighted by Crippen LogP contribution is -2.27. The Bertz CT molecular complexity index is 1070. The highest BCUT2D eigenvalue weighted by Gasteiger charge is 2.16. The van der Waals surface area contributed by atoms with E-state index in [2.05, 4.69) is 25.1 Å². The summed E-state index contributed by atoms with van der Waals surface area (Å²) in [5.74, 6) is 1.04. The molecule has 0 saturated heterocycles. The summed E-state index contributed by atoms with van der Waals surface area (Å²) in [5, 5.41) is 8.13. The number of rotatable bonds is 4. The van der Waals surface area contributed by atoms with Crippen LogP contribution in [0.4, 0.5) is 0 Å². The second-order valence-corrected chi connectivity index (χ2v) is 6.19. The van der Waals surface area contributed by atoms with Crippen LogP contribution in [0.15, 0.2) is 49.1 Å². The Morgan fingerprint density at radius 2 is 2.00 bits per heavy atom. The summed E-state index contributed by atoms with van der Waals surface area (Å²) >= 11 is 5.99. The van der Waals surface area contributed by atoms with Crippen molar-refractivity contribution in [1.29, 1.82) is 0 Å². The average Bonchev–Trinajstić information content (AvgIpc) is 3.30. The lowest BCUT2D eigenvalue weighted by molar-refractivity contribution is 0.0776. The Labute approximate surface area is 153 Å². The van der Waals surface area contributed by atoms with Gasteiger partial charge in [-0.1, -0.05) is 17.7 Å². The van der Waals surface area contributed by atoms with E-state index in [-0.39, 0.29) is 5.91 Å². The van der Waals surface area contributed by atoms with E-state index in [0.717, 1.165) is 11.0 Å². The van der Waals surface area contributed by atoms with Crippen molar-refractivity contribution in [2.45, 2.75) is 6.54 Å². The molecule has 0 spiro atoms. The number of aromatic amines is 1. The van der Waals surface area contributed by atoms with Gasteiger partial charge in [-0.05, 0) is 30.3 Å². The minimum Gasteiger partial charge on any atom is -0.340 e. The predicted octanol–water partition coefficient (Wildman–Crippen LogP) is 2.46. The zero-order valence-corrected chi connectivity index (χ0v) is 14.6. The molecule has 4 rings (SSSR count). The standard InChI is InChI=1S/C17H14ClN7O/c1-24(8-15-21-12-6-5-11(18)7-14(12)22-15)17(26)13-3-2-4-16(23-13)25-9-19-20-10-25/h2-7,9-10H,8H2,1H3,(H,21,22). The SMILES string of the molecule is CN(Cc1nc2ccc(Cl)cc2[nH]1)C(=O)c1cccc(-n2cnnc2)n1. The summed E-state index contributed by atoms with van der Waals surface area (Å²) in [6, 6.07) is 10.6. The van der Waals surface area contributed by atoms with Crippen molar-refractivity contribution < 1.29 is 4.79 Å². The minimum absolute atomic E-state index is 0.210. The van der Waals surface area contributed by atoms with E-state index in [1.165, 1.54) is 12.7 Å². The Kier molecular flexibility index (Phi) is 4.10. The Hall–Kier alpha value is -3.26. The van der Waals surface area contributed by atoms with Gasteiger partial charge in [0.25, 0.3) is 5.91 Å². The van der Waals surface area contributed by atoms with E-state index >= 15 is 0 Å². The zero-order chi connectivity index (χ0) is 18.1.